The Hall–Kier alpha value is -3.93. The van der Waals surface area contributed by atoms with Crippen molar-refractivity contribution in [3.8, 4) is 0 Å². The number of unbranched alkanes of at least 4 members (excludes halogenated alkanes) is 17. The highest BCUT2D eigenvalue weighted by molar-refractivity contribution is 5.71. The zero-order valence-corrected chi connectivity index (χ0v) is 39.1. The fraction of sp³-hybridized carbons (Fsp3) is 0.618. The molecular weight excluding hydrogens is 757 g/mol. The van der Waals surface area contributed by atoms with Gasteiger partial charge >= 0.3 is 17.9 Å². The average molecular weight is 845 g/mol. The Bertz CT molecular complexity index is 1290. The molecule has 0 aliphatic heterocycles. The molecule has 0 spiro atoms. The summed E-state index contributed by atoms with van der Waals surface area (Å²) in [6, 6.07) is 0. The fourth-order valence-electron chi connectivity index (χ4n) is 6.23. The standard InChI is InChI=1S/C55H88O6/c1-4-7-10-13-16-19-22-25-27-29-30-33-36-39-42-45-48-54(57)60-51-52(50-59-53(56)47-44-41-38-35-32-24-21-18-15-12-9-6-3)61-55(58)49-46-43-40-37-34-31-28-26-23-20-17-14-11-8-5-2/h7-8,10-11,14,16-21,23,25-28,31,34,52H,4-6,9,12-13,15,22,24,29-30,32-33,35-51H2,1-3H3/b10-7-,11-8-,17-14-,19-16-,21-18-,23-20-,27-25-,28-26-,34-31-. The predicted octanol–water partition coefficient (Wildman–Crippen LogP) is 16.0. The van der Waals surface area contributed by atoms with Gasteiger partial charge in [-0.2, -0.15) is 0 Å². The SMILES string of the molecule is CC\C=C/C=C\C=C/C=C\C=C/CCCCCC(=O)OC(COC(=O)CCCCCCC/C=C\CCCCC)COC(=O)CCCCCCCC/C=C\C/C=C\C/C=C\CC. The highest BCUT2D eigenvalue weighted by atomic mass is 16.6. The lowest BCUT2D eigenvalue weighted by Gasteiger charge is -2.18. The normalized spacial score (nSPS) is 13.0. The van der Waals surface area contributed by atoms with Crippen LogP contribution >= 0.6 is 0 Å². The van der Waals surface area contributed by atoms with E-state index in [4.69, 9.17) is 14.2 Å². The molecule has 344 valence electrons. The van der Waals surface area contributed by atoms with Crippen molar-refractivity contribution in [2.24, 2.45) is 0 Å². The molecule has 6 nitrogen and oxygen atoms in total. The largest absolute Gasteiger partial charge is 0.462 e. The van der Waals surface area contributed by atoms with Crippen molar-refractivity contribution < 1.29 is 28.6 Å². The van der Waals surface area contributed by atoms with Crippen molar-refractivity contribution in [1.82, 2.24) is 0 Å². The lowest BCUT2D eigenvalue weighted by molar-refractivity contribution is -0.167. The van der Waals surface area contributed by atoms with Crippen LogP contribution in [0.2, 0.25) is 0 Å². The van der Waals surface area contributed by atoms with Crippen LogP contribution in [-0.4, -0.2) is 37.2 Å². The number of carbonyl (C=O) groups excluding carboxylic acids is 3. The van der Waals surface area contributed by atoms with Crippen molar-refractivity contribution in [2.45, 2.75) is 207 Å². The molecule has 0 bridgehead atoms. The summed E-state index contributed by atoms with van der Waals surface area (Å²) in [6.45, 7) is 6.28. The van der Waals surface area contributed by atoms with Gasteiger partial charge in [0.2, 0.25) is 0 Å². The lowest BCUT2D eigenvalue weighted by Crippen LogP contribution is -2.30. The highest BCUT2D eigenvalue weighted by Crippen LogP contribution is 2.13. The van der Waals surface area contributed by atoms with Gasteiger partial charge in [0.1, 0.15) is 13.2 Å². The summed E-state index contributed by atoms with van der Waals surface area (Å²) in [4.78, 5) is 37.9. The molecule has 0 aliphatic rings. The van der Waals surface area contributed by atoms with Gasteiger partial charge in [0.05, 0.1) is 0 Å². The van der Waals surface area contributed by atoms with Crippen molar-refractivity contribution in [3.05, 3.63) is 109 Å². The van der Waals surface area contributed by atoms with Gasteiger partial charge in [-0.05, 0) is 96.3 Å². The van der Waals surface area contributed by atoms with Gasteiger partial charge in [0, 0.05) is 19.3 Å². The van der Waals surface area contributed by atoms with Crippen molar-refractivity contribution in [2.75, 3.05) is 13.2 Å². The van der Waals surface area contributed by atoms with E-state index in [2.05, 4.69) is 81.5 Å². The first-order valence-corrected chi connectivity index (χ1v) is 24.5. The van der Waals surface area contributed by atoms with Crippen LogP contribution in [0.5, 0.6) is 0 Å². The van der Waals surface area contributed by atoms with Crippen LogP contribution in [0.15, 0.2) is 109 Å². The molecule has 0 aromatic carbocycles. The van der Waals surface area contributed by atoms with Crippen LogP contribution in [0, 0.1) is 0 Å². The third kappa shape index (κ3) is 47.0. The van der Waals surface area contributed by atoms with E-state index in [1.165, 1.54) is 44.9 Å². The molecule has 1 atom stereocenters. The van der Waals surface area contributed by atoms with E-state index in [0.717, 1.165) is 109 Å². The third-order valence-corrected chi connectivity index (χ3v) is 9.87. The van der Waals surface area contributed by atoms with Gasteiger partial charge in [-0.3, -0.25) is 14.4 Å². The second-order valence-electron chi connectivity index (χ2n) is 15.7. The zero-order chi connectivity index (χ0) is 44.4. The van der Waals surface area contributed by atoms with E-state index in [0.29, 0.717) is 19.3 Å². The first-order chi connectivity index (χ1) is 30.0. The Morgan fingerprint density at radius 3 is 1.23 bits per heavy atom. The fourth-order valence-corrected chi connectivity index (χ4v) is 6.23. The average Bonchev–Trinajstić information content (AvgIpc) is 3.26. The minimum Gasteiger partial charge on any atom is -0.462 e. The molecule has 0 radical (unpaired) electrons. The van der Waals surface area contributed by atoms with Gasteiger partial charge in [0.15, 0.2) is 6.10 Å². The smallest absolute Gasteiger partial charge is 0.306 e. The van der Waals surface area contributed by atoms with E-state index in [9.17, 15) is 14.4 Å². The number of hydrogen-bond donors (Lipinski definition) is 0. The van der Waals surface area contributed by atoms with Crippen LogP contribution in [0.4, 0.5) is 0 Å². The topological polar surface area (TPSA) is 78.9 Å². The van der Waals surface area contributed by atoms with Gasteiger partial charge in [0.25, 0.3) is 0 Å². The maximum atomic E-state index is 12.8. The Kier molecular flexibility index (Phi) is 45.6. The van der Waals surface area contributed by atoms with Crippen LogP contribution in [0.3, 0.4) is 0 Å². The summed E-state index contributed by atoms with van der Waals surface area (Å²) in [7, 11) is 0. The molecule has 61 heavy (non-hydrogen) atoms. The molecule has 0 heterocycles. The molecule has 0 saturated carbocycles. The summed E-state index contributed by atoms with van der Waals surface area (Å²) in [5, 5.41) is 0. The number of ether oxygens (including phenoxy) is 3. The molecule has 6 heteroatoms. The van der Waals surface area contributed by atoms with Gasteiger partial charge in [-0.25, -0.2) is 0 Å². The zero-order valence-electron chi connectivity index (χ0n) is 39.1. The van der Waals surface area contributed by atoms with Crippen molar-refractivity contribution in [3.63, 3.8) is 0 Å². The first-order valence-electron chi connectivity index (χ1n) is 24.5. The van der Waals surface area contributed by atoms with Crippen LogP contribution in [0.1, 0.15) is 201 Å². The second kappa shape index (κ2) is 48.7. The Balaban J connectivity index is 4.52. The summed E-state index contributed by atoms with van der Waals surface area (Å²) in [5.74, 6) is -0.979. The number of esters is 3. The number of carbonyl (C=O) groups is 3. The number of hydrogen-bond acceptors (Lipinski definition) is 6. The number of rotatable bonds is 42. The van der Waals surface area contributed by atoms with E-state index < -0.39 is 6.10 Å². The van der Waals surface area contributed by atoms with Gasteiger partial charge in [-0.1, -0.05) is 194 Å². The van der Waals surface area contributed by atoms with E-state index in [-0.39, 0.29) is 37.5 Å². The minimum atomic E-state index is -0.810. The van der Waals surface area contributed by atoms with Crippen LogP contribution in [0.25, 0.3) is 0 Å². The van der Waals surface area contributed by atoms with Gasteiger partial charge < -0.3 is 14.2 Å². The Morgan fingerprint density at radius 1 is 0.361 bits per heavy atom. The van der Waals surface area contributed by atoms with Crippen LogP contribution < -0.4 is 0 Å². The molecule has 0 aromatic rings. The first kappa shape index (κ1) is 57.1. The molecule has 0 aromatic heterocycles. The van der Waals surface area contributed by atoms with E-state index in [1.807, 2.05) is 48.6 Å². The van der Waals surface area contributed by atoms with Gasteiger partial charge in [-0.15, -0.1) is 0 Å². The van der Waals surface area contributed by atoms with E-state index >= 15 is 0 Å². The molecule has 0 saturated heterocycles. The maximum absolute atomic E-state index is 12.8. The molecule has 0 aliphatic carbocycles. The van der Waals surface area contributed by atoms with Crippen molar-refractivity contribution >= 4 is 17.9 Å². The predicted molar refractivity (Wildman–Crippen MR) is 260 cm³/mol. The molecule has 0 N–H and O–H groups in total. The highest BCUT2D eigenvalue weighted by Gasteiger charge is 2.19. The molecule has 0 rings (SSSR count). The minimum absolute atomic E-state index is 0.106. The maximum Gasteiger partial charge on any atom is 0.306 e. The summed E-state index contributed by atoms with van der Waals surface area (Å²) in [6.07, 6.45) is 64.9. The summed E-state index contributed by atoms with van der Waals surface area (Å²) < 4.78 is 16.7. The monoisotopic (exact) mass is 845 g/mol. The number of allylic oxidation sites excluding steroid dienone is 18. The third-order valence-electron chi connectivity index (χ3n) is 9.87. The van der Waals surface area contributed by atoms with Crippen LogP contribution in [-0.2, 0) is 28.6 Å². The summed E-state index contributed by atoms with van der Waals surface area (Å²) in [5.41, 5.74) is 0. The lowest BCUT2D eigenvalue weighted by atomic mass is 10.1. The Labute approximate surface area is 374 Å². The molecular formula is C55H88O6. The summed E-state index contributed by atoms with van der Waals surface area (Å²) >= 11 is 0. The van der Waals surface area contributed by atoms with Crippen molar-refractivity contribution in [1.29, 1.82) is 0 Å². The van der Waals surface area contributed by atoms with E-state index in [1.54, 1.807) is 0 Å². The Morgan fingerprint density at radius 2 is 0.721 bits per heavy atom. The second-order valence-corrected chi connectivity index (χ2v) is 15.7. The molecule has 0 amide bonds. The quantitative estimate of drug-likeness (QED) is 0.0200. The molecule has 1 unspecified atom stereocenters. The molecule has 0 fully saturated rings.